The monoisotopic (exact) mass is 557 g/mol. The van der Waals surface area contributed by atoms with Crippen LogP contribution in [0.4, 0.5) is 17.1 Å². The fourth-order valence-electron chi connectivity index (χ4n) is 5.06. The molecule has 0 radical (unpaired) electrons. The SMILES string of the molecule is Cc1ccc(N(c2ccc(/C=C/C=C/c3ccccc3)c(C)c2)c2ccc(/C=C/C=C/c3ccccc3)c(C)c2)cc1C. The number of nitrogens with zero attached hydrogens (tertiary/aromatic N) is 1. The van der Waals surface area contributed by atoms with E-state index in [0.29, 0.717) is 0 Å². The molecule has 0 aliphatic rings. The van der Waals surface area contributed by atoms with Gasteiger partial charge < -0.3 is 4.90 Å². The van der Waals surface area contributed by atoms with Gasteiger partial charge >= 0.3 is 0 Å². The first-order valence-electron chi connectivity index (χ1n) is 14.9. The standard InChI is InChI=1S/C42H39N/c1-32-23-26-40(29-33(32)2)43(41-27-24-38(34(3)30-41)21-13-11-19-36-15-7-5-8-16-36)42-28-25-39(35(4)31-42)22-14-12-20-37-17-9-6-10-18-37/h5-31H,1-4H3/b19-11+,20-12+,21-13+,22-14+. The van der Waals surface area contributed by atoms with Crippen molar-refractivity contribution in [3.63, 3.8) is 0 Å². The Kier molecular flexibility index (Phi) is 9.67. The summed E-state index contributed by atoms with van der Waals surface area (Å²) in [6.45, 7) is 8.72. The Hall–Kier alpha value is -5.14. The summed E-state index contributed by atoms with van der Waals surface area (Å²) in [6.07, 6.45) is 17.0. The van der Waals surface area contributed by atoms with Gasteiger partial charge in [0.1, 0.15) is 0 Å². The van der Waals surface area contributed by atoms with Crippen molar-refractivity contribution in [3.05, 3.63) is 184 Å². The molecular weight excluding hydrogens is 518 g/mol. The number of hydrogen-bond donors (Lipinski definition) is 0. The first kappa shape index (κ1) is 29.4. The molecule has 5 rings (SSSR count). The zero-order chi connectivity index (χ0) is 30.0. The van der Waals surface area contributed by atoms with E-state index in [9.17, 15) is 0 Å². The third-order valence-electron chi connectivity index (χ3n) is 7.72. The lowest BCUT2D eigenvalue weighted by molar-refractivity contribution is 1.23. The Balaban J connectivity index is 1.42. The second-order valence-corrected chi connectivity index (χ2v) is 10.9. The molecule has 0 heterocycles. The highest BCUT2D eigenvalue weighted by atomic mass is 15.1. The van der Waals surface area contributed by atoms with Crippen LogP contribution >= 0.6 is 0 Å². The topological polar surface area (TPSA) is 3.24 Å². The van der Waals surface area contributed by atoms with Gasteiger partial charge in [-0.1, -0.05) is 127 Å². The molecule has 0 aliphatic heterocycles. The normalized spacial score (nSPS) is 11.8. The van der Waals surface area contributed by atoms with Crippen LogP contribution in [0.25, 0.3) is 24.3 Å². The second-order valence-electron chi connectivity index (χ2n) is 10.9. The van der Waals surface area contributed by atoms with Crippen molar-refractivity contribution in [1.29, 1.82) is 0 Å². The zero-order valence-electron chi connectivity index (χ0n) is 25.5. The first-order chi connectivity index (χ1) is 21.0. The Morgan fingerprint density at radius 2 is 0.767 bits per heavy atom. The van der Waals surface area contributed by atoms with E-state index in [2.05, 4.69) is 184 Å². The molecule has 0 aromatic heterocycles. The van der Waals surface area contributed by atoms with Gasteiger partial charge in [-0.25, -0.2) is 0 Å². The molecule has 0 fully saturated rings. The van der Waals surface area contributed by atoms with Crippen LogP contribution in [0.15, 0.2) is 140 Å². The molecule has 212 valence electrons. The van der Waals surface area contributed by atoms with Crippen molar-refractivity contribution in [3.8, 4) is 0 Å². The third-order valence-corrected chi connectivity index (χ3v) is 7.72. The summed E-state index contributed by atoms with van der Waals surface area (Å²) in [5.74, 6) is 0. The Morgan fingerprint density at radius 1 is 0.372 bits per heavy atom. The quantitative estimate of drug-likeness (QED) is 0.163. The molecular formula is C42H39N. The lowest BCUT2D eigenvalue weighted by atomic mass is 10.0. The van der Waals surface area contributed by atoms with Crippen LogP contribution in [-0.2, 0) is 0 Å². The van der Waals surface area contributed by atoms with E-state index in [1.165, 1.54) is 44.5 Å². The van der Waals surface area contributed by atoms with Gasteiger partial charge in [0.15, 0.2) is 0 Å². The van der Waals surface area contributed by atoms with Crippen molar-refractivity contribution in [2.75, 3.05) is 4.90 Å². The molecule has 0 spiro atoms. The smallest absolute Gasteiger partial charge is 0.0464 e. The van der Waals surface area contributed by atoms with Gasteiger partial charge in [0.2, 0.25) is 0 Å². The number of benzene rings is 5. The average Bonchev–Trinajstić information content (AvgIpc) is 3.02. The maximum absolute atomic E-state index is 2.36. The van der Waals surface area contributed by atoms with Crippen LogP contribution in [0.2, 0.25) is 0 Å². The third kappa shape index (κ3) is 7.78. The molecule has 0 unspecified atom stereocenters. The van der Waals surface area contributed by atoms with Crippen LogP contribution in [0.3, 0.4) is 0 Å². The lowest BCUT2D eigenvalue weighted by Gasteiger charge is -2.27. The predicted octanol–water partition coefficient (Wildman–Crippen LogP) is 11.8. The molecule has 43 heavy (non-hydrogen) atoms. The summed E-state index contributed by atoms with van der Waals surface area (Å²) in [6, 6.07) is 40.9. The van der Waals surface area contributed by atoms with Gasteiger partial charge in [-0.05, 0) is 109 Å². The van der Waals surface area contributed by atoms with E-state index in [0.717, 1.165) is 17.1 Å². The minimum atomic E-state index is 1.14. The molecule has 5 aromatic carbocycles. The van der Waals surface area contributed by atoms with E-state index < -0.39 is 0 Å². The molecule has 0 saturated heterocycles. The highest BCUT2D eigenvalue weighted by Gasteiger charge is 2.15. The number of allylic oxidation sites excluding steroid dienone is 4. The van der Waals surface area contributed by atoms with Gasteiger partial charge in [-0.15, -0.1) is 0 Å². The molecule has 0 N–H and O–H groups in total. The Morgan fingerprint density at radius 3 is 1.19 bits per heavy atom. The molecule has 0 amide bonds. The highest BCUT2D eigenvalue weighted by molar-refractivity contribution is 5.79. The largest absolute Gasteiger partial charge is 0.310 e. The van der Waals surface area contributed by atoms with Gasteiger partial charge in [0, 0.05) is 17.1 Å². The molecule has 0 saturated carbocycles. The van der Waals surface area contributed by atoms with Crippen molar-refractivity contribution in [2.24, 2.45) is 0 Å². The molecule has 0 aliphatic carbocycles. The molecule has 0 atom stereocenters. The van der Waals surface area contributed by atoms with Crippen LogP contribution in [0.1, 0.15) is 44.5 Å². The Bertz CT molecular complexity index is 1680. The van der Waals surface area contributed by atoms with Crippen LogP contribution in [-0.4, -0.2) is 0 Å². The van der Waals surface area contributed by atoms with Crippen LogP contribution in [0, 0.1) is 27.7 Å². The minimum Gasteiger partial charge on any atom is -0.310 e. The van der Waals surface area contributed by atoms with Crippen LogP contribution in [0.5, 0.6) is 0 Å². The summed E-state index contributed by atoms with van der Waals surface area (Å²) < 4.78 is 0. The first-order valence-corrected chi connectivity index (χ1v) is 14.9. The maximum Gasteiger partial charge on any atom is 0.0464 e. The van der Waals surface area contributed by atoms with E-state index in [1.54, 1.807) is 0 Å². The molecule has 1 heteroatoms. The van der Waals surface area contributed by atoms with Gasteiger partial charge in [0.05, 0.1) is 0 Å². The van der Waals surface area contributed by atoms with E-state index in [4.69, 9.17) is 0 Å². The fraction of sp³-hybridized carbons (Fsp3) is 0.0952. The lowest BCUT2D eigenvalue weighted by Crippen LogP contribution is -2.11. The number of rotatable bonds is 9. The zero-order valence-corrected chi connectivity index (χ0v) is 25.5. The van der Waals surface area contributed by atoms with E-state index >= 15 is 0 Å². The Labute approximate surface area is 257 Å². The van der Waals surface area contributed by atoms with Crippen molar-refractivity contribution < 1.29 is 0 Å². The number of aryl methyl sites for hydroxylation is 4. The average molecular weight is 558 g/mol. The van der Waals surface area contributed by atoms with Gasteiger partial charge in [0.25, 0.3) is 0 Å². The van der Waals surface area contributed by atoms with Crippen molar-refractivity contribution in [2.45, 2.75) is 27.7 Å². The number of hydrogen-bond acceptors (Lipinski definition) is 1. The second kappa shape index (κ2) is 14.2. The fourth-order valence-corrected chi connectivity index (χ4v) is 5.06. The molecule has 5 aromatic rings. The predicted molar refractivity (Wildman–Crippen MR) is 189 cm³/mol. The number of anilines is 3. The summed E-state index contributed by atoms with van der Waals surface area (Å²) in [7, 11) is 0. The summed E-state index contributed by atoms with van der Waals surface area (Å²) in [5, 5.41) is 0. The summed E-state index contributed by atoms with van der Waals surface area (Å²) in [5.41, 5.74) is 13.3. The van der Waals surface area contributed by atoms with E-state index in [-0.39, 0.29) is 0 Å². The molecule has 1 nitrogen and oxygen atoms in total. The van der Waals surface area contributed by atoms with Gasteiger partial charge in [-0.3, -0.25) is 0 Å². The minimum absolute atomic E-state index is 1.14. The van der Waals surface area contributed by atoms with Crippen molar-refractivity contribution >= 4 is 41.4 Å². The highest BCUT2D eigenvalue weighted by Crippen LogP contribution is 2.37. The summed E-state index contributed by atoms with van der Waals surface area (Å²) >= 11 is 0. The summed E-state index contributed by atoms with van der Waals surface area (Å²) in [4.78, 5) is 2.36. The van der Waals surface area contributed by atoms with Crippen molar-refractivity contribution in [1.82, 2.24) is 0 Å². The van der Waals surface area contributed by atoms with Crippen LogP contribution < -0.4 is 4.90 Å². The van der Waals surface area contributed by atoms with E-state index in [1.807, 2.05) is 12.1 Å². The molecule has 0 bridgehead atoms. The van der Waals surface area contributed by atoms with Gasteiger partial charge in [-0.2, -0.15) is 0 Å². The maximum atomic E-state index is 2.36.